The Kier molecular flexibility index (Phi) is 5.37. The lowest BCUT2D eigenvalue weighted by Crippen LogP contribution is -2.57. The van der Waals surface area contributed by atoms with Gasteiger partial charge in [0.25, 0.3) is 0 Å². The van der Waals surface area contributed by atoms with Gasteiger partial charge in [0, 0.05) is 34.2 Å². The third-order valence-electron chi connectivity index (χ3n) is 4.23. The second-order valence-corrected chi connectivity index (χ2v) is 9.53. The first kappa shape index (κ1) is 18.5. The molecule has 2 heterocycles. The van der Waals surface area contributed by atoms with Gasteiger partial charge in [0.05, 0.1) is 22.7 Å². The van der Waals surface area contributed by atoms with E-state index in [4.69, 9.17) is 0 Å². The van der Waals surface area contributed by atoms with Gasteiger partial charge in [-0.25, -0.2) is 13.4 Å². The molecule has 1 N–H and O–H groups in total. The summed E-state index contributed by atoms with van der Waals surface area (Å²) in [6, 6.07) is 5.88. The predicted molar refractivity (Wildman–Crippen MR) is 98.2 cm³/mol. The van der Waals surface area contributed by atoms with Crippen LogP contribution in [0.25, 0.3) is 0 Å². The van der Waals surface area contributed by atoms with Gasteiger partial charge in [-0.15, -0.1) is 0 Å². The van der Waals surface area contributed by atoms with Crippen molar-refractivity contribution in [2.45, 2.75) is 25.1 Å². The first-order valence-corrected chi connectivity index (χ1v) is 9.63. The fourth-order valence-electron chi connectivity index (χ4n) is 2.64. The minimum absolute atomic E-state index is 0.148. The molecule has 1 aliphatic heterocycles. The Bertz CT molecular complexity index is 713. The predicted octanol–water partition coefficient (Wildman–Crippen LogP) is 0.732. The first-order valence-electron chi connectivity index (χ1n) is 7.97. The lowest BCUT2D eigenvalue weighted by atomic mass is 10.2. The molecule has 1 saturated heterocycles. The number of aromatic nitrogens is 1. The number of hydrogen-bond donors (Lipinski definition) is 1. The smallest absolute Gasteiger partial charge is 0.194 e. The summed E-state index contributed by atoms with van der Waals surface area (Å²) in [5.74, 6) is 1.75. The van der Waals surface area contributed by atoms with Gasteiger partial charge in [0.1, 0.15) is 5.82 Å². The van der Waals surface area contributed by atoms with Gasteiger partial charge in [0.15, 0.2) is 15.8 Å². The summed E-state index contributed by atoms with van der Waals surface area (Å²) in [6.45, 7) is 4.96. The van der Waals surface area contributed by atoms with Gasteiger partial charge in [-0.3, -0.25) is 4.99 Å². The molecule has 24 heavy (non-hydrogen) atoms. The molecule has 1 aromatic rings. The average molecular weight is 353 g/mol. The SMILES string of the molecule is CN=C(NCc1cccc(N(C)C)n1)N1CCS(=O)(=O)C(C)(C)C1. The standard InChI is InChI=1S/C16H27N5O2S/c1-16(2)12-21(9-10-24(16,22)23)15(17-3)18-11-13-7-6-8-14(19-13)20(4)5/h6-8H,9-12H2,1-5H3,(H,17,18). The number of nitrogens with one attached hydrogen (secondary N) is 1. The van der Waals surface area contributed by atoms with Crippen LogP contribution in [-0.4, -0.2) is 69.0 Å². The maximum absolute atomic E-state index is 12.1. The zero-order valence-corrected chi connectivity index (χ0v) is 15.9. The van der Waals surface area contributed by atoms with Crippen LogP contribution in [0.5, 0.6) is 0 Å². The molecule has 0 saturated carbocycles. The Morgan fingerprint density at radius 2 is 2.12 bits per heavy atom. The zero-order chi connectivity index (χ0) is 18.0. The molecule has 1 aliphatic rings. The van der Waals surface area contributed by atoms with E-state index < -0.39 is 14.6 Å². The van der Waals surface area contributed by atoms with Crippen LogP contribution in [-0.2, 0) is 16.4 Å². The molecule has 0 atom stereocenters. The molecule has 0 bridgehead atoms. The number of hydrogen-bond acceptors (Lipinski definition) is 5. The van der Waals surface area contributed by atoms with E-state index in [9.17, 15) is 8.42 Å². The molecule has 0 aromatic carbocycles. The van der Waals surface area contributed by atoms with Gasteiger partial charge >= 0.3 is 0 Å². The number of guanidine groups is 1. The quantitative estimate of drug-likeness (QED) is 0.638. The largest absolute Gasteiger partial charge is 0.363 e. The maximum atomic E-state index is 12.1. The van der Waals surface area contributed by atoms with Gasteiger partial charge in [-0.05, 0) is 26.0 Å². The fraction of sp³-hybridized carbons (Fsp3) is 0.625. The molecule has 0 aliphatic carbocycles. The molecular formula is C16H27N5O2S. The highest BCUT2D eigenvalue weighted by atomic mass is 32.2. The number of nitrogens with zero attached hydrogens (tertiary/aromatic N) is 4. The molecule has 0 unspecified atom stereocenters. The molecule has 0 spiro atoms. The van der Waals surface area contributed by atoms with Crippen molar-refractivity contribution in [3.05, 3.63) is 23.9 Å². The first-order chi connectivity index (χ1) is 11.2. The van der Waals surface area contributed by atoms with E-state index >= 15 is 0 Å². The highest BCUT2D eigenvalue weighted by Crippen LogP contribution is 2.23. The topological polar surface area (TPSA) is 77.9 Å². The van der Waals surface area contributed by atoms with E-state index in [1.807, 2.05) is 42.1 Å². The van der Waals surface area contributed by atoms with E-state index in [0.717, 1.165) is 11.5 Å². The number of anilines is 1. The van der Waals surface area contributed by atoms with Crippen LogP contribution in [0.1, 0.15) is 19.5 Å². The third kappa shape index (κ3) is 3.98. The zero-order valence-electron chi connectivity index (χ0n) is 15.1. The lowest BCUT2D eigenvalue weighted by Gasteiger charge is -2.39. The Morgan fingerprint density at radius 1 is 1.42 bits per heavy atom. The molecule has 7 nitrogen and oxygen atoms in total. The minimum atomic E-state index is -3.06. The van der Waals surface area contributed by atoms with E-state index in [1.165, 1.54) is 0 Å². The minimum Gasteiger partial charge on any atom is -0.363 e. The van der Waals surface area contributed by atoms with Gasteiger partial charge < -0.3 is 15.1 Å². The summed E-state index contributed by atoms with van der Waals surface area (Å²) in [4.78, 5) is 12.8. The van der Waals surface area contributed by atoms with E-state index in [-0.39, 0.29) is 5.75 Å². The van der Waals surface area contributed by atoms with Crippen molar-refractivity contribution in [2.24, 2.45) is 4.99 Å². The molecule has 0 amide bonds. The normalized spacial score (nSPS) is 19.9. The lowest BCUT2D eigenvalue weighted by molar-refractivity contribution is 0.353. The molecule has 1 aromatic heterocycles. The summed E-state index contributed by atoms with van der Waals surface area (Å²) in [5, 5.41) is 3.29. The van der Waals surface area contributed by atoms with Gasteiger partial charge in [0.2, 0.25) is 0 Å². The van der Waals surface area contributed by atoms with Crippen LogP contribution in [0, 0.1) is 0 Å². The highest BCUT2D eigenvalue weighted by molar-refractivity contribution is 7.92. The van der Waals surface area contributed by atoms with Crippen molar-refractivity contribution in [1.82, 2.24) is 15.2 Å². The number of pyridine rings is 1. The van der Waals surface area contributed by atoms with Crippen molar-refractivity contribution >= 4 is 21.6 Å². The maximum Gasteiger partial charge on any atom is 0.194 e. The van der Waals surface area contributed by atoms with Crippen LogP contribution in [0.2, 0.25) is 0 Å². The molecule has 134 valence electrons. The van der Waals surface area contributed by atoms with Crippen molar-refractivity contribution < 1.29 is 8.42 Å². The van der Waals surface area contributed by atoms with Crippen molar-refractivity contribution in [3.63, 3.8) is 0 Å². The van der Waals surface area contributed by atoms with Crippen LogP contribution in [0.4, 0.5) is 5.82 Å². The van der Waals surface area contributed by atoms with Crippen molar-refractivity contribution in [3.8, 4) is 0 Å². The van der Waals surface area contributed by atoms with E-state index in [0.29, 0.717) is 25.6 Å². The molecule has 0 radical (unpaired) electrons. The molecule has 1 fully saturated rings. The fourth-order valence-corrected chi connectivity index (χ4v) is 4.01. The summed E-state index contributed by atoms with van der Waals surface area (Å²) in [7, 11) is 2.56. The number of rotatable bonds is 3. The summed E-state index contributed by atoms with van der Waals surface area (Å²) < 4.78 is 23.5. The van der Waals surface area contributed by atoms with Crippen molar-refractivity contribution in [1.29, 1.82) is 0 Å². The van der Waals surface area contributed by atoms with Crippen molar-refractivity contribution in [2.75, 3.05) is 44.9 Å². The van der Waals surface area contributed by atoms with Gasteiger partial charge in [-0.1, -0.05) is 6.07 Å². The van der Waals surface area contributed by atoms with E-state index in [1.54, 1.807) is 20.9 Å². The Labute approximate surface area is 144 Å². The monoisotopic (exact) mass is 353 g/mol. The summed E-state index contributed by atoms with van der Waals surface area (Å²) in [5.41, 5.74) is 0.909. The van der Waals surface area contributed by atoms with Crippen LogP contribution >= 0.6 is 0 Å². The molecule has 2 rings (SSSR count). The van der Waals surface area contributed by atoms with E-state index in [2.05, 4.69) is 15.3 Å². The van der Waals surface area contributed by atoms with Crippen LogP contribution < -0.4 is 10.2 Å². The third-order valence-corrected chi connectivity index (χ3v) is 6.77. The Hall–Kier alpha value is -1.83. The van der Waals surface area contributed by atoms with Crippen LogP contribution in [0.15, 0.2) is 23.2 Å². The highest BCUT2D eigenvalue weighted by Gasteiger charge is 2.40. The second-order valence-electron chi connectivity index (χ2n) is 6.78. The van der Waals surface area contributed by atoms with Crippen LogP contribution in [0.3, 0.4) is 0 Å². The van der Waals surface area contributed by atoms with Gasteiger partial charge in [-0.2, -0.15) is 0 Å². The number of aliphatic imine (C=N–C) groups is 1. The molecule has 8 heteroatoms. The Morgan fingerprint density at radius 3 is 2.71 bits per heavy atom. The second kappa shape index (κ2) is 6.96. The number of sulfone groups is 1. The average Bonchev–Trinajstić information content (AvgIpc) is 2.51. The summed E-state index contributed by atoms with van der Waals surface area (Å²) in [6.07, 6.45) is 0. The summed E-state index contributed by atoms with van der Waals surface area (Å²) >= 11 is 0. The Balaban J connectivity index is 2.05. The molecular weight excluding hydrogens is 326 g/mol.